The minimum absolute atomic E-state index is 0. The number of para-hydroxylation sites is 1. The molecule has 1 heterocycles. The molecule has 4 heteroatoms. The van der Waals surface area contributed by atoms with Gasteiger partial charge in [0.2, 0.25) is 0 Å². The zero-order valence-corrected chi connectivity index (χ0v) is 19.5. The number of aryl methyl sites for hydroxylation is 1. The summed E-state index contributed by atoms with van der Waals surface area (Å²) in [7, 11) is 0. The zero-order chi connectivity index (χ0) is 21.3. The van der Waals surface area contributed by atoms with E-state index in [-0.39, 0.29) is 25.3 Å². The normalized spacial score (nSPS) is 11.1. The molecule has 1 aromatic heterocycles. The number of carbonyl (C=O) groups excluding carboxylic acids is 1. The van der Waals surface area contributed by atoms with Crippen molar-refractivity contribution in [3.8, 4) is 0 Å². The third-order valence-electron chi connectivity index (χ3n) is 5.70. The molecule has 0 amide bonds. The fraction of sp³-hybridized carbons (Fsp3) is 0.556. The van der Waals surface area contributed by atoms with Crippen LogP contribution in [0.2, 0.25) is 0 Å². The maximum Gasteiger partial charge on any atom is 1.00 e. The molecule has 0 fully saturated rings. The van der Waals surface area contributed by atoms with Crippen molar-refractivity contribution in [1.82, 2.24) is 4.98 Å². The van der Waals surface area contributed by atoms with Crippen molar-refractivity contribution in [1.29, 1.82) is 0 Å². The largest absolute Gasteiger partial charge is 1.00 e. The minimum atomic E-state index is -0.920. The number of carbonyl (C=O) groups is 1. The molecule has 31 heavy (non-hydrogen) atoms. The Kier molecular flexibility index (Phi) is 16.0. The fourth-order valence-corrected chi connectivity index (χ4v) is 3.95. The predicted octanol–water partition coefficient (Wildman–Crippen LogP) is 3.55. The molecule has 2 aromatic rings. The van der Waals surface area contributed by atoms with Crippen molar-refractivity contribution in [2.75, 3.05) is 0 Å². The van der Waals surface area contributed by atoms with Crippen LogP contribution in [0, 0.1) is 0 Å². The number of hydrogen-bond acceptors (Lipinski definition) is 3. The minimum Gasteiger partial charge on any atom is -0.550 e. The molecular formula is C27H38LiNO2. The number of allylic oxidation sites excluding steroid dienone is 2. The molecule has 0 unspecified atom stereocenters. The second-order valence-electron chi connectivity index (χ2n) is 8.30. The van der Waals surface area contributed by atoms with Crippen molar-refractivity contribution >= 4 is 16.9 Å². The van der Waals surface area contributed by atoms with Gasteiger partial charge in [0.15, 0.2) is 0 Å². The van der Waals surface area contributed by atoms with Crippen molar-refractivity contribution in [3.63, 3.8) is 0 Å². The van der Waals surface area contributed by atoms with E-state index in [4.69, 9.17) is 0 Å². The Morgan fingerprint density at radius 1 is 0.774 bits per heavy atom. The summed E-state index contributed by atoms with van der Waals surface area (Å²) in [5, 5.41) is 11.6. The number of benzene rings is 1. The molecule has 2 rings (SSSR count). The van der Waals surface area contributed by atoms with Crippen molar-refractivity contribution < 1.29 is 28.8 Å². The summed E-state index contributed by atoms with van der Waals surface area (Å²) >= 11 is 0. The molecule has 0 aliphatic rings. The van der Waals surface area contributed by atoms with Crippen LogP contribution in [0.1, 0.15) is 95.5 Å². The first kappa shape index (κ1) is 27.5. The Hall–Kier alpha value is -1.56. The molecule has 164 valence electrons. The van der Waals surface area contributed by atoms with Crippen LogP contribution in [0.25, 0.3) is 10.9 Å². The number of carboxylic acids is 1. The first-order valence-electron chi connectivity index (χ1n) is 11.9. The van der Waals surface area contributed by atoms with Gasteiger partial charge in [-0.3, -0.25) is 4.98 Å². The number of rotatable bonds is 17. The quantitative estimate of drug-likeness (QED) is 0.226. The van der Waals surface area contributed by atoms with Gasteiger partial charge in [0.05, 0.1) is 5.52 Å². The van der Waals surface area contributed by atoms with Crippen LogP contribution in [0.5, 0.6) is 0 Å². The van der Waals surface area contributed by atoms with E-state index in [1.807, 2.05) is 12.3 Å². The molecular weight excluding hydrogens is 377 g/mol. The zero-order valence-electron chi connectivity index (χ0n) is 19.5. The Morgan fingerprint density at radius 2 is 1.35 bits per heavy atom. The summed E-state index contributed by atoms with van der Waals surface area (Å²) in [6.07, 6.45) is 23.4. The maximum atomic E-state index is 10.3. The summed E-state index contributed by atoms with van der Waals surface area (Å²) in [6.45, 7) is 0. The molecule has 0 aliphatic heterocycles. The monoisotopic (exact) mass is 415 g/mol. The third kappa shape index (κ3) is 12.8. The SMILES string of the molecule is O=C([O-])CCCCCCC/C=C\CCCCCCCCc1cccc2cccnc12.[Li+]. The number of carboxylic acid groups (broad SMARTS) is 1. The van der Waals surface area contributed by atoms with Crippen LogP contribution in [-0.2, 0) is 11.2 Å². The molecule has 0 saturated carbocycles. The van der Waals surface area contributed by atoms with Gasteiger partial charge in [-0.25, -0.2) is 0 Å². The Labute approximate surface area is 200 Å². The molecule has 0 atom stereocenters. The topological polar surface area (TPSA) is 53.0 Å². The van der Waals surface area contributed by atoms with Gasteiger partial charge in [0.1, 0.15) is 0 Å². The van der Waals surface area contributed by atoms with E-state index in [0.29, 0.717) is 0 Å². The predicted molar refractivity (Wildman–Crippen MR) is 124 cm³/mol. The molecule has 0 bridgehead atoms. The average Bonchev–Trinajstić information content (AvgIpc) is 2.75. The molecule has 0 N–H and O–H groups in total. The second kappa shape index (κ2) is 18.1. The number of fused-ring (bicyclic) bond motifs is 1. The summed E-state index contributed by atoms with van der Waals surface area (Å²) < 4.78 is 0. The molecule has 1 aromatic carbocycles. The smallest absolute Gasteiger partial charge is 0.550 e. The number of hydrogen-bond donors (Lipinski definition) is 0. The standard InChI is InChI=1S/C27H39NO2.Li/c29-26(30)22-15-13-11-9-7-5-3-1-2-4-6-8-10-12-14-18-24-19-16-20-25-21-17-23-28-27(24)25;/h1,3,16-17,19-21,23H,2,4-15,18,22H2,(H,29,30);/q;+1/p-1/b3-1-;. The number of aliphatic carboxylic acids is 1. The Morgan fingerprint density at radius 3 is 2.03 bits per heavy atom. The van der Waals surface area contributed by atoms with E-state index in [1.54, 1.807) is 0 Å². The Balaban J connectivity index is 0.00000480. The summed E-state index contributed by atoms with van der Waals surface area (Å²) in [6, 6.07) is 10.7. The average molecular weight is 416 g/mol. The molecule has 3 nitrogen and oxygen atoms in total. The van der Waals surface area contributed by atoms with Gasteiger partial charge in [0.25, 0.3) is 0 Å². The Bertz CT molecular complexity index is 754. The fourth-order valence-electron chi connectivity index (χ4n) is 3.95. The first-order valence-corrected chi connectivity index (χ1v) is 11.9. The molecule has 0 aliphatic carbocycles. The van der Waals surface area contributed by atoms with Crippen LogP contribution in [-0.4, -0.2) is 11.0 Å². The number of unbranched alkanes of at least 4 members (excludes halogenated alkanes) is 11. The van der Waals surface area contributed by atoms with Gasteiger partial charge >= 0.3 is 18.9 Å². The van der Waals surface area contributed by atoms with E-state index in [1.165, 1.54) is 74.3 Å². The summed E-state index contributed by atoms with van der Waals surface area (Å²) in [4.78, 5) is 14.9. The van der Waals surface area contributed by atoms with E-state index >= 15 is 0 Å². The molecule has 0 radical (unpaired) electrons. The van der Waals surface area contributed by atoms with Crippen LogP contribution >= 0.6 is 0 Å². The van der Waals surface area contributed by atoms with Crippen molar-refractivity contribution in [3.05, 3.63) is 54.2 Å². The van der Waals surface area contributed by atoms with Crippen LogP contribution in [0.3, 0.4) is 0 Å². The van der Waals surface area contributed by atoms with Crippen LogP contribution in [0.15, 0.2) is 48.7 Å². The third-order valence-corrected chi connectivity index (χ3v) is 5.70. The number of aromatic nitrogens is 1. The van der Waals surface area contributed by atoms with E-state index in [2.05, 4.69) is 41.4 Å². The van der Waals surface area contributed by atoms with Gasteiger partial charge in [-0.2, -0.15) is 0 Å². The van der Waals surface area contributed by atoms with Gasteiger partial charge in [-0.05, 0) is 63.0 Å². The summed E-state index contributed by atoms with van der Waals surface area (Å²) in [5.41, 5.74) is 2.55. The summed E-state index contributed by atoms with van der Waals surface area (Å²) in [5.74, 6) is -0.920. The maximum absolute atomic E-state index is 10.3. The van der Waals surface area contributed by atoms with Gasteiger partial charge in [-0.15, -0.1) is 0 Å². The van der Waals surface area contributed by atoms with E-state index < -0.39 is 5.97 Å². The van der Waals surface area contributed by atoms with Gasteiger partial charge in [-0.1, -0.05) is 81.4 Å². The molecule has 0 saturated heterocycles. The first-order chi connectivity index (χ1) is 14.8. The number of pyridine rings is 1. The van der Waals surface area contributed by atoms with Gasteiger partial charge < -0.3 is 9.90 Å². The van der Waals surface area contributed by atoms with Crippen LogP contribution < -0.4 is 24.0 Å². The van der Waals surface area contributed by atoms with E-state index in [0.717, 1.165) is 32.1 Å². The number of nitrogens with zero attached hydrogens (tertiary/aromatic N) is 1. The van der Waals surface area contributed by atoms with Crippen LogP contribution in [0.4, 0.5) is 0 Å². The van der Waals surface area contributed by atoms with Crippen molar-refractivity contribution in [2.45, 2.75) is 96.3 Å². The van der Waals surface area contributed by atoms with E-state index in [9.17, 15) is 9.90 Å². The van der Waals surface area contributed by atoms with Crippen molar-refractivity contribution in [2.24, 2.45) is 0 Å². The second-order valence-corrected chi connectivity index (χ2v) is 8.30. The molecule has 0 spiro atoms. The van der Waals surface area contributed by atoms with Gasteiger partial charge in [0, 0.05) is 17.6 Å².